The van der Waals surface area contributed by atoms with Crippen LogP contribution in [0.15, 0.2) is 11.1 Å². The summed E-state index contributed by atoms with van der Waals surface area (Å²) in [4.78, 5) is 0. The zero-order valence-electron chi connectivity index (χ0n) is 11.3. The van der Waals surface area contributed by atoms with E-state index in [9.17, 15) is 0 Å². The second-order valence-corrected chi connectivity index (χ2v) is 6.79. The van der Waals surface area contributed by atoms with E-state index >= 15 is 0 Å². The van der Waals surface area contributed by atoms with Gasteiger partial charge in [0.25, 0.3) is 0 Å². The minimum absolute atomic E-state index is 0.414. The van der Waals surface area contributed by atoms with Crippen LogP contribution < -0.4 is 0 Å². The van der Waals surface area contributed by atoms with E-state index in [4.69, 9.17) is 0 Å². The first-order chi connectivity index (χ1) is 6.77. The van der Waals surface area contributed by atoms with Crippen molar-refractivity contribution in [2.24, 2.45) is 16.2 Å². The van der Waals surface area contributed by atoms with Crippen LogP contribution >= 0.6 is 0 Å². The highest BCUT2D eigenvalue weighted by Gasteiger charge is 2.61. The van der Waals surface area contributed by atoms with Gasteiger partial charge in [0.15, 0.2) is 0 Å². The van der Waals surface area contributed by atoms with Crippen molar-refractivity contribution in [2.45, 2.75) is 67.2 Å². The fourth-order valence-electron chi connectivity index (χ4n) is 4.67. The monoisotopic (exact) mass is 206 g/mol. The van der Waals surface area contributed by atoms with Crippen LogP contribution in [-0.4, -0.2) is 0 Å². The van der Waals surface area contributed by atoms with Gasteiger partial charge in [-0.2, -0.15) is 0 Å². The van der Waals surface area contributed by atoms with Crippen molar-refractivity contribution >= 4 is 0 Å². The lowest BCUT2D eigenvalue weighted by molar-refractivity contribution is 0.0262. The summed E-state index contributed by atoms with van der Waals surface area (Å²) in [6.07, 6.45) is 5.74. The molecule has 1 fully saturated rings. The lowest BCUT2D eigenvalue weighted by atomic mass is 9.55. The molecule has 0 aromatic rings. The standard InChI is InChI=1S/C15H26/c1-11-12(2)14(5,6)15(13(11,3)4)9-7-8-10-15/h7-10H2,1-6H3. The van der Waals surface area contributed by atoms with Crippen molar-refractivity contribution in [3.63, 3.8) is 0 Å². The lowest BCUT2D eigenvalue weighted by Gasteiger charge is -2.49. The van der Waals surface area contributed by atoms with Crippen LogP contribution in [0.3, 0.4) is 0 Å². The minimum atomic E-state index is 0.414. The topological polar surface area (TPSA) is 0 Å². The number of hydrogen-bond donors (Lipinski definition) is 0. The van der Waals surface area contributed by atoms with Crippen LogP contribution in [0.4, 0.5) is 0 Å². The smallest absolute Gasteiger partial charge is 0.00801 e. The molecule has 0 radical (unpaired) electrons. The van der Waals surface area contributed by atoms with Gasteiger partial charge in [0.1, 0.15) is 0 Å². The maximum Gasteiger partial charge on any atom is -0.00801 e. The highest BCUT2D eigenvalue weighted by molar-refractivity contribution is 5.37. The van der Waals surface area contributed by atoms with Gasteiger partial charge in [0.2, 0.25) is 0 Å². The molecule has 0 nitrogen and oxygen atoms in total. The number of allylic oxidation sites excluding steroid dienone is 2. The molecule has 0 aromatic heterocycles. The Morgan fingerprint density at radius 2 is 1.07 bits per heavy atom. The van der Waals surface area contributed by atoms with E-state index in [1.807, 2.05) is 0 Å². The first-order valence-corrected chi connectivity index (χ1v) is 6.46. The van der Waals surface area contributed by atoms with E-state index in [2.05, 4.69) is 41.5 Å². The van der Waals surface area contributed by atoms with Gasteiger partial charge in [-0.3, -0.25) is 0 Å². The Bertz CT molecular complexity index is 283. The molecule has 0 aromatic carbocycles. The molecule has 0 unspecified atom stereocenters. The van der Waals surface area contributed by atoms with E-state index in [0.717, 1.165) is 0 Å². The van der Waals surface area contributed by atoms with Gasteiger partial charge in [0, 0.05) is 0 Å². The van der Waals surface area contributed by atoms with Crippen LogP contribution in [0, 0.1) is 16.2 Å². The predicted octanol–water partition coefficient (Wildman–Crippen LogP) is 4.95. The second kappa shape index (κ2) is 2.90. The highest BCUT2D eigenvalue weighted by Crippen LogP contribution is 2.70. The zero-order chi connectivity index (χ0) is 11.5. The van der Waals surface area contributed by atoms with Crippen LogP contribution in [0.2, 0.25) is 0 Å². The van der Waals surface area contributed by atoms with Crippen LogP contribution in [0.5, 0.6) is 0 Å². The van der Waals surface area contributed by atoms with Gasteiger partial charge in [0.05, 0.1) is 0 Å². The molecule has 1 spiro atoms. The number of hydrogen-bond acceptors (Lipinski definition) is 0. The summed E-state index contributed by atoms with van der Waals surface area (Å²) in [6.45, 7) is 14.6. The molecule has 0 aliphatic heterocycles. The molecule has 0 N–H and O–H groups in total. The summed E-state index contributed by atoms with van der Waals surface area (Å²) in [7, 11) is 0. The highest BCUT2D eigenvalue weighted by atomic mass is 14.6. The first kappa shape index (κ1) is 11.2. The second-order valence-electron chi connectivity index (χ2n) is 6.79. The molecule has 2 aliphatic carbocycles. The summed E-state index contributed by atoms with van der Waals surface area (Å²) in [5, 5.41) is 0. The Hall–Kier alpha value is -0.260. The van der Waals surface area contributed by atoms with E-state index < -0.39 is 0 Å². The van der Waals surface area contributed by atoms with Gasteiger partial charge in [-0.15, -0.1) is 0 Å². The van der Waals surface area contributed by atoms with Crippen molar-refractivity contribution in [1.82, 2.24) is 0 Å². The van der Waals surface area contributed by atoms with Crippen LogP contribution in [0.1, 0.15) is 67.2 Å². The molecule has 0 bridgehead atoms. The lowest BCUT2D eigenvalue weighted by Crippen LogP contribution is -2.42. The molecule has 2 aliphatic rings. The van der Waals surface area contributed by atoms with Crippen molar-refractivity contribution in [1.29, 1.82) is 0 Å². The Morgan fingerprint density at radius 3 is 1.40 bits per heavy atom. The largest absolute Gasteiger partial charge is 0.0676 e. The summed E-state index contributed by atoms with van der Waals surface area (Å²) in [5.41, 5.74) is 4.70. The minimum Gasteiger partial charge on any atom is -0.0676 e. The van der Waals surface area contributed by atoms with Crippen molar-refractivity contribution in [2.75, 3.05) is 0 Å². The average Bonchev–Trinajstić information content (AvgIpc) is 2.67. The van der Waals surface area contributed by atoms with Gasteiger partial charge in [-0.05, 0) is 42.9 Å². The molecule has 0 heteroatoms. The molecule has 2 rings (SSSR count). The fraction of sp³-hybridized carbons (Fsp3) is 0.867. The quantitative estimate of drug-likeness (QED) is 0.492. The van der Waals surface area contributed by atoms with E-state index in [-0.39, 0.29) is 0 Å². The van der Waals surface area contributed by atoms with Crippen molar-refractivity contribution < 1.29 is 0 Å². The van der Waals surface area contributed by atoms with Gasteiger partial charge in [-0.25, -0.2) is 0 Å². The normalized spacial score (nSPS) is 31.6. The molecule has 0 atom stereocenters. The zero-order valence-corrected chi connectivity index (χ0v) is 11.3. The predicted molar refractivity (Wildman–Crippen MR) is 66.8 cm³/mol. The van der Waals surface area contributed by atoms with Crippen LogP contribution in [-0.2, 0) is 0 Å². The molecule has 0 heterocycles. The molecule has 15 heavy (non-hydrogen) atoms. The molecule has 1 saturated carbocycles. The van der Waals surface area contributed by atoms with Gasteiger partial charge < -0.3 is 0 Å². The number of rotatable bonds is 0. The third kappa shape index (κ3) is 1.04. The van der Waals surface area contributed by atoms with Crippen molar-refractivity contribution in [3.8, 4) is 0 Å². The third-order valence-electron chi connectivity index (χ3n) is 6.29. The van der Waals surface area contributed by atoms with Gasteiger partial charge >= 0.3 is 0 Å². The third-order valence-corrected chi connectivity index (χ3v) is 6.29. The summed E-state index contributed by atoms with van der Waals surface area (Å²) in [5.74, 6) is 0. The molecular weight excluding hydrogens is 180 g/mol. The first-order valence-electron chi connectivity index (χ1n) is 6.46. The Kier molecular flexibility index (Phi) is 2.17. The van der Waals surface area contributed by atoms with Gasteiger partial charge in [-0.1, -0.05) is 51.7 Å². The Labute approximate surface area is 95.1 Å². The molecule has 0 amide bonds. The SMILES string of the molecule is CC1=C(C)C(C)(C)C2(CCCC2)C1(C)C. The van der Waals surface area contributed by atoms with E-state index in [1.54, 1.807) is 11.1 Å². The molecule has 86 valence electrons. The average molecular weight is 206 g/mol. The Balaban J connectivity index is 2.58. The van der Waals surface area contributed by atoms with E-state index in [0.29, 0.717) is 16.2 Å². The summed E-state index contributed by atoms with van der Waals surface area (Å²) < 4.78 is 0. The molecular formula is C15H26. The van der Waals surface area contributed by atoms with Crippen LogP contribution in [0.25, 0.3) is 0 Å². The summed E-state index contributed by atoms with van der Waals surface area (Å²) in [6, 6.07) is 0. The fourth-order valence-corrected chi connectivity index (χ4v) is 4.67. The summed E-state index contributed by atoms with van der Waals surface area (Å²) >= 11 is 0. The van der Waals surface area contributed by atoms with Crippen molar-refractivity contribution in [3.05, 3.63) is 11.1 Å². The molecule has 0 saturated heterocycles. The Morgan fingerprint density at radius 1 is 0.733 bits per heavy atom. The maximum absolute atomic E-state index is 2.48. The van der Waals surface area contributed by atoms with E-state index in [1.165, 1.54) is 25.7 Å². The maximum atomic E-state index is 2.48.